The summed E-state index contributed by atoms with van der Waals surface area (Å²) in [6, 6.07) is 14.4. The molecule has 0 aliphatic rings. The molecule has 0 radical (unpaired) electrons. The van der Waals surface area contributed by atoms with Gasteiger partial charge in [-0.05, 0) is 67.3 Å². The Balaban J connectivity index is 1.39. The number of rotatable bonds is 22. The van der Waals surface area contributed by atoms with Crippen molar-refractivity contribution >= 4 is 27.8 Å². The molecule has 0 saturated carbocycles. The van der Waals surface area contributed by atoms with Crippen LogP contribution in [0.3, 0.4) is 0 Å². The minimum atomic E-state index is -4.15. The zero-order chi connectivity index (χ0) is 36.4. The summed E-state index contributed by atoms with van der Waals surface area (Å²) in [6.07, 6.45) is 12.6. The molecule has 11 nitrogen and oxygen atoms in total. The second kappa shape index (κ2) is 20.9. The Morgan fingerprint density at radius 1 is 0.820 bits per heavy atom. The van der Waals surface area contributed by atoms with Crippen LogP contribution in [0, 0.1) is 0 Å². The maximum atomic E-state index is 12.9. The van der Waals surface area contributed by atoms with Gasteiger partial charge in [0.2, 0.25) is 5.91 Å². The summed E-state index contributed by atoms with van der Waals surface area (Å²) in [4.78, 5) is 41.6. The van der Waals surface area contributed by atoms with Crippen molar-refractivity contribution in [2.45, 2.75) is 102 Å². The number of nitrogens with zero attached hydrogens (tertiary/aromatic N) is 1. The van der Waals surface area contributed by atoms with Crippen LogP contribution in [0.4, 0.5) is 0 Å². The molecule has 0 aliphatic carbocycles. The SMILES string of the molecule is CCCCCCCCCCCC(=O)OCc1ccc(C(=O)NS(=O)(=O)c2ccc(CCNC(=O)C(C)c3ccc(OC)c(OC)c3)cc2)cn1. The molecule has 1 unspecified atom stereocenters. The lowest BCUT2D eigenvalue weighted by molar-refractivity contribution is -0.145. The van der Waals surface area contributed by atoms with E-state index in [9.17, 15) is 22.8 Å². The van der Waals surface area contributed by atoms with Crippen molar-refractivity contribution in [1.82, 2.24) is 15.0 Å². The number of amides is 2. The Morgan fingerprint density at radius 3 is 2.10 bits per heavy atom. The number of ether oxygens (including phenoxy) is 3. The van der Waals surface area contributed by atoms with E-state index < -0.39 is 21.8 Å². The molecule has 1 aromatic heterocycles. The van der Waals surface area contributed by atoms with Crippen molar-refractivity contribution in [2.24, 2.45) is 0 Å². The molecule has 3 aromatic rings. The highest BCUT2D eigenvalue weighted by Gasteiger charge is 2.20. The molecule has 0 spiro atoms. The lowest BCUT2D eigenvalue weighted by Crippen LogP contribution is -2.31. The molecule has 1 atom stereocenters. The highest BCUT2D eigenvalue weighted by Crippen LogP contribution is 2.30. The van der Waals surface area contributed by atoms with Gasteiger partial charge in [0.15, 0.2) is 11.5 Å². The first kappa shape index (κ1) is 40.0. The normalized spacial score (nSPS) is 11.8. The minimum Gasteiger partial charge on any atom is -0.493 e. The number of carbonyl (C=O) groups is 3. The lowest BCUT2D eigenvalue weighted by atomic mass is 9.99. The number of benzene rings is 2. The molecule has 2 amide bonds. The number of aromatic nitrogens is 1. The fourth-order valence-electron chi connectivity index (χ4n) is 5.28. The molecule has 2 N–H and O–H groups in total. The molecule has 12 heteroatoms. The van der Waals surface area contributed by atoms with Crippen LogP contribution in [-0.4, -0.2) is 51.9 Å². The Bertz CT molecular complexity index is 1630. The molecule has 2 aromatic carbocycles. The van der Waals surface area contributed by atoms with Crippen LogP contribution in [0.1, 0.15) is 111 Å². The van der Waals surface area contributed by atoms with E-state index in [0.29, 0.717) is 36.6 Å². The monoisotopic (exact) mass is 709 g/mol. The number of pyridine rings is 1. The second-order valence-corrected chi connectivity index (χ2v) is 13.9. The third-order valence-corrected chi connectivity index (χ3v) is 9.77. The van der Waals surface area contributed by atoms with Crippen LogP contribution < -0.4 is 19.5 Å². The second-order valence-electron chi connectivity index (χ2n) is 12.2. The van der Waals surface area contributed by atoms with Crippen LogP contribution in [0.15, 0.2) is 65.7 Å². The summed E-state index contributed by atoms with van der Waals surface area (Å²) in [6.45, 7) is 4.33. The van der Waals surface area contributed by atoms with E-state index >= 15 is 0 Å². The number of esters is 1. The molecule has 3 rings (SSSR count). The highest BCUT2D eigenvalue weighted by atomic mass is 32.2. The average Bonchev–Trinajstić information content (AvgIpc) is 3.12. The van der Waals surface area contributed by atoms with E-state index in [4.69, 9.17) is 14.2 Å². The van der Waals surface area contributed by atoms with Crippen molar-refractivity contribution in [3.63, 3.8) is 0 Å². The van der Waals surface area contributed by atoms with Crippen LogP contribution in [0.5, 0.6) is 11.5 Å². The van der Waals surface area contributed by atoms with Gasteiger partial charge in [-0.15, -0.1) is 0 Å². The number of nitrogens with one attached hydrogen (secondary N) is 2. The van der Waals surface area contributed by atoms with Gasteiger partial charge in [0, 0.05) is 19.2 Å². The summed E-state index contributed by atoms with van der Waals surface area (Å²) < 4.78 is 43.7. The topological polar surface area (TPSA) is 150 Å². The molecular weight excluding hydrogens is 658 g/mol. The molecule has 1 heterocycles. The van der Waals surface area contributed by atoms with E-state index in [1.54, 1.807) is 38.3 Å². The predicted octanol–water partition coefficient (Wildman–Crippen LogP) is 6.64. The van der Waals surface area contributed by atoms with E-state index in [2.05, 4.69) is 21.9 Å². The van der Waals surface area contributed by atoms with Crippen LogP contribution in [0.25, 0.3) is 0 Å². The predicted molar refractivity (Wildman–Crippen MR) is 192 cm³/mol. The first-order valence-corrected chi connectivity index (χ1v) is 18.8. The van der Waals surface area contributed by atoms with Gasteiger partial charge < -0.3 is 19.5 Å². The summed E-state index contributed by atoms with van der Waals surface area (Å²) in [7, 11) is -1.06. The molecule has 272 valence electrons. The summed E-state index contributed by atoms with van der Waals surface area (Å²) in [5.74, 6) is -0.586. The van der Waals surface area contributed by atoms with Crippen LogP contribution >= 0.6 is 0 Å². The molecule has 0 bridgehead atoms. The van der Waals surface area contributed by atoms with Gasteiger partial charge in [0.05, 0.1) is 36.3 Å². The first-order chi connectivity index (χ1) is 24.1. The Labute approximate surface area is 296 Å². The van der Waals surface area contributed by atoms with Gasteiger partial charge in [0.25, 0.3) is 15.9 Å². The number of carbonyl (C=O) groups excluding carboxylic acids is 3. The van der Waals surface area contributed by atoms with E-state index in [0.717, 1.165) is 30.4 Å². The summed E-state index contributed by atoms with van der Waals surface area (Å²) in [5.41, 5.74) is 2.09. The Morgan fingerprint density at radius 2 is 1.48 bits per heavy atom. The highest BCUT2D eigenvalue weighted by molar-refractivity contribution is 7.90. The van der Waals surface area contributed by atoms with Crippen molar-refractivity contribution in [3.05, 3.63) is 83.2 Å². The molecular formula is C38H51N3O8S. The summed E-state index contributed by atoms with van der Waals surface area (Å²) in [5, 5.41) is 2.91. The number of unbranched alkanes of at least 4 members (excludes halogenated alkanes) is 8. The van der Waals surface area contributed by atoms with Crippen molar-refractivity contribution < 1.29 is 37.0 Å². The molecule has 0 aliphatic heterocycles. The van der Waals surface area contributed by atoms with Crippen LogP contribution in [0.2, 0.25) is 0 Å². The molecule has 50 heavy (non-hydrogen) atoms. The Kier molecular flexibility index (Phi) is 16.7. The molecule has 0 fully saturated rings. The quantitative estimate of drug-likeness (QED) is 0.0864. The molecule has 0 saturated heterocycles. The van der Waals surface area contributed by atoms with Crippen LogP contribution in [-0.2, 0) is 37.4 Å². The number of hydrogen-bond acceptors (Lipinski definition) is 9. The van der Waals surface area contributed by atoms with Gasteiger partial charge in [-0.2, -0.15) is 0 Å². The fraction of sp³-hybridized carbons (Fsp3) is 0.474. The first-order valence-electron chi connectivity index (χ1n) is 17.3. The van der Waals surface area contributed by atoms with Gasteiger partial charge in [-0.1, -0.05) is 76.5 Å². The number of methoxy groups -OCH3 is 2. The van der Waals surface area contributed by atoms with Gasteiger partial charge in [-0.3, -0.25) is 19.4 Å². The van der Waals surface area contributed by atoms with Gasteiger partial charge >= 0.3 is 5.97 Å². The third-order valence-electron chi connectivity index (χ3n) is 8.43. The largest absolute Gasteiger partial charge is 0.493 e. The van der Waals surface area contributed by atoms with E-state index in [1.165, 1.54) is 76.1 Å². The maximum absolute atomic E-state index is 12.9. The van der Waals surface area contributed by atoms with Crippen molar-refractivity contribution in [3.8, 4) is 11.5 Å². The zero-order valence-corrected chi connectivity index (χ0v) is 30.5. The smallest absolute Gasteiger partial charge is 0.306 e. The van der Waals surface area contributed by atoms with Crippen molar-refractivity contribution in [1.29, 1.82) is 0 Å². The van der Waals surface area contributed by atoms with Gasteiger partial charge in [0.1, 0.15) is 6.61 Å². The van der Waals surface area contributed by atoms with Gasteiger partial charge in [-0.25, -0.2) is 13.1 Å². The average molecular weight is 710 g/mol. The number of hydrogen-bond donors (Lipinski definition) is 2. The summed E-state index contributed by atoms with van der Waals surface area (Å²) >= 11 is 0. The van der Waals surface area contributed by atoms with E-state index in [1.807, 2.05) is 6.07 Å². The lowest BCUT2D eigenvalue weighted by Gasteiger charge is -2.15. The fourth-order valence-corrected chi connectivity index (χ4v) is 6.26. The Hall–Kier alpha value is -4.45. The third kappa shape index (κ3) is 13.1. The standard InChI is InChI=1S/C38H51N3O8S/c1-5-6-7-8-9-10-11-12-13-14-36(42)49-27-32-19-17-31(26-40-32)38(44)41-50(45,46)33-20-15-29(16-21-33)23-24-39-37(43)28(2)30-18-22-34(47-3)35(25-30)48-4/h15-22,25-26,28H,5-14,23-24,27H2,1-4H3,(H,39,43)(H,41,44). The number of sulfonamides is 1. The van der Waals surface area contributed by atoms with Crippen molar-refractivity contribution in [2.75, 3.05) is 20.8 Å². The maximum Gasteiger partial charge on any atom is 0.306 e. The zero-order valence-electron chi connectivity index (χ0n) is 29.7. The minimum absolute atomic E-state index is 0.0244. The van der Waals surface area contributed by atoms with E-state index in [-0.39, 0.29) is 28.9 Å².